The first-order valence-corrected chi connectivity index (χ1v) is 10.2. The van der Waals surface area contributed by atoms with Gasteiger partial charge in [-0.25, -0.2) is 19.9 Å². The molecule has 0 bridgehead atoms. The van der Waals surface area contributed by atoms with E-state index in [0.717, 1.165) is 29.1 Å². The third kappa shape index (κ3) is 3.50. The maximum atomic E-state index is 6.10. The number of rotatable bonds is 5. The van der Waals surface area contributed by atoms with Crippen LogP contribution in [0, 0.1) is 0 Å². The van der Waals surface area contributed by atoms with Gasteiger partial charge < -0.3 is 10.1 Å². The molecule has 0 radical (unpaired) electrons. The first-order valence-electron chi connectivity index (χ1n) is 8.96. The number of nitrogens with zero attached hydrogens (tertiary/aromatic N) is 4. The second-order valence-electron chi connectivity index (χ2n) is 6.62. The highest BCUT2D eigenvalue weighted by atomic mass is 35.5. The molecule has 1 aliphatic carbocycles. The van der Waals surface area contributed by atoms with E-state index in [1.54, 1.807) is 36.0 Å². The van der Waals surface area contributed by atoms with Crippen LogP contribution in [0.25, 0.3) is 21.5 Å². The number of thiazole rings is 1. The van der Waals surface area contributed by atoms with Crippen molar-refractivity contribution in [2.24, 2.45) is 0 Å². The number of pyridine rings is 1. The largest absolute Gasteiger partial charge is 0.473 e. The SMILES string of the molecule is Clc1ccc(-c2nccnc2O[C@H]2C[C@@H](Nc3nc4ccccc4s3)C2)cn1. The lowest BCUT2D eigenvalue weighted by molar-refractivity contribution is 0.103. The van der Waals surface area contributed by atoms with Crippen molar-refractivity contribution in [2.45, 2.75) is 25.0 Å². The normalized spacial score (nSPS) is 18.6. The number of halogens is 1. The van der Waals surface area contributed by atoms with Gasteiger partial charge in [0.15, 0.2) is 5.13 Å². The summed E-state index contributed by atoms with van der Waals surface area (Å²) >= 11 is 7.55. The molecule has 8 heteroatoms. The molecule has 28 heavy (non-hydrogen) atoms. The van der Waals surface area contributed by atoms with Gasteiger partial charge in [-0.2, -0.15) is 0 Å². The number of para-hydroxylation sites is 1. The molecule has 0 amide bonds. The van der Waals surface area contributed by atoms with Crippen LogP contribution in [0.2, 0.25) is 5.15 Å². The quantitative estimate of drug-likeness (QED) is 0.476. The standard InChI is InChI=1S/C20H16ClN5OS/c21-17-6-5-12(11-24-17)18-19(23-8-7-22-18)27-14-9-13(10-14)25-20-26-15-3-1-2-4-16(15)28-20/h1-8,11,13-14H,9-10H2,(H,25,26)/t13-,14+. The average Bonchev–Trinajstić information content (AvgIpc) is 3.10. The number of aromatic nitrogens is 4. The Balaban J connectivity index is 1.23. The molecular formula is C20H16ClN5OS. The lowest BCUT2D eigenvalue weighted by Crippen LogP contribution is -2.42. The fraction of sp³-hybridized carbons (Fsp3) is 0.200. The Morgan fingerprint density at radius 2 is 1.89 bits per heavy atom. The van der Waals surface area contributed by atoms with Crippen LogP contribution in [0.1, 0.15) is 12.8 Å². The Morgan fingerprint density at radius 3 is 2.71 bits per heavy atom. The lowest BCUT2D eigenvalue weighted by atomic mass is 9.89. The topological polar surface area (TPSA) is 72.8 Å². The number of anilines is 1. The minimum atomic E-state index is 0.0996. The molecule has 0 atom stereocenters. The molecule has 1 fully saturated rings. The van der Waals surface area contributed by atoms with Crippen LogP contribution in [-0.2, 0) is 0 Å². The Labute approximate surface area is 170 Å². The molecule has 0 aliphatic heterocycles. The molecule has 3 heterocycles. The summed E-state index contributed by atoms with van der Waals surface area (Å²) in [7, 11) is 0. The van der Waals surface area contributed by atoms with E-state index in [2.05, 4.69) is 31.3 Å². The van der Waals surface area contributed by atoms with E-state index in [4.69, 9.17) is 16.3 Å². The van der Waals surface area contributed by atoms with Gasteiger partial charge in [-0.1, -0.05) is 35.1 Å². The number of hydrogen-bond acceptors (Lipinski definition) is 7. The summed E-state index contributed by atoms with van der Waals surface area (Å²) < 4.78 is 7.29. The van der Waals surface area contributed by atoms with Gasteiger partial charge in [-0.3, -0.25) is 0 Å². The van der Waals surface area contributed by atoms with Crippen LogP contribution in [-0.4, -0.2) is 32.1 Å². The van der Waals surface area contributed by atoms with Gasteiger partial charge in [0.1, 0.15) is 17.0 Å². The van der Waals surface area contributed by atoms with E-state index >= 15 is 0 Å². The van der Waals surface area contributed by atoms with E-state index in [9.17, 15) is 0 Å². The minimum absolute atomic E-state index is 0.0996. The minimum Gasteiger partial charge on any atom is -0.473 e. The third-order valence-corrected chi connectivity index (χ3v) is 5.85. The van der Waals surface area contributed by atoms with Crippen molar-refractivity contribution < 1.29 is 4.74 Å². The third-order valence-electron chi connectivity index (χ3n) is 4.66. The zero-order chi connectivity index (χ0) is 18.9. The number of benzene rings is 1. The van der Waals surface area contributed by atoms with Crippen LogP contribution in [0.3, 0.4) is 0 Å². The first-order chi connectivity index (χ1) is 13.7. The lowest BCUT2D eigenvalue weighted by Gasteiger charge is -2.35. The number of ether oxygens (including phenoxy) is 1. The maximum absolute atomic E-state index is 6.10. The fourth-order valence-electron chi connectivity index (χ4n) is 3.17. The highest BCUT2D eigenvalue weighted by Crippen LogP contribution is 2.33. The Bertz CT molecular complexity index is 1080. The second kappa shape index (κ2) is 7.33. The molecule has 1 saturated carbocycles. The zero-order valence-corrected chi connectivity index (χ0v) is 16.3. The predicted molar refractivity (Wildman–Crippen MR) is 111 cm³/mol. The molecule has 0 spiro atoms. The first kappa shape index (κ1) is 17.3. The molecule has 1 aliphatic rings. The van der Waals surface area contributed by atoms with Crippen molar-refractivity contribution in [1.29, 1.82) is 0 Å². The van der Waals surface area contributed by atoms with Gasteiger partial charge in [0, 0.05) is 43.0 Å². The van der Waals surface area contributed by atoms with Crippen LogP contribution in [0.15, 0.2) is 55.0 Å². The number of fused-ring (bicyclic) bond motifs is 1. The molecule has 1 N–H and O–H groups in total. The Kier molecular flexibility index (Phi) is 4.54. The molecule has 0 unspecified atom stereocenters. The van der Waals surface area contributed by atoms with Crippen LogP contribution >= 0.6 is 22.9 Å². The van der Waals surface area contributed by atoms with Crippen molar-refractivity contribution in [3.63, 3.8) is 0 Å². The molecule has 0 saturated heterocycles. The maximum Gasteiger partial charge on any atom is 0.240 e. The summed E-state index contributed by atoms with van der Waals surface area (Å²) in [5.41, 5.74) is 2.54. The summed E-state index contributed by atoms with van der Waals surface area (Å²) in [6, 6.07) is 12.1. The van der Waals surface area contributed by atoms with Crippen molar-refractivity contribution in [3.8, 4) is 17.1 Å². The van der Waals surface area contributed by atoms with Crippen LogP contribution in [0.4, 0.5) is 5.13 Å². The van der Waals surface area contributed by atoms with E-state index in [0.29, 0.717) is 22.8 Å². The smallest absolute Gasteiger partial charge is 0.240 e. The van der Waals surface area contributed by atoms with Gasteiger partial charge in [-0.05, 0) is 24.3 Å². The van der Waals surface area contributed by atoms with Gasteiger partial charge in [0.25, 0.3) is 0 Å². The van der Waals surface area contributed by atoms with Crippen LogP contribution < -0.4 is 10.1 Å². The van der Waals surface area contributed by atoms with E-state index < -0.39 is 0 Å². The van der Waals surface area contributed by atoms with E-state index in [-0.39, 0.29) is 6.10 Å². The number of hydrogen-bond donors (Lipinski definition) is 1. The van der Waals surface area contributed by atoms with Gasteiger partial charge in [0.2, 0.25) is 5.88 Å². The van der Waals surface area contributed by atoms with Crippen LogP contribution in [0.5, 0.6) is 5.88 Å². The van der Waals surface area contributed by atoms with Crippen molar-refractivity contribution >= 4 is 38.3 Å². The summed E-state index contributed by atoms with van der Waals surface area (Å²) in [6.45, 7) is 0. The zero-order valence-electron chi connectivity index (χ0n) is 14.7. The van der Waals surface area contributed by atoms with Crippen molar-refractivity contribution in [2.75, 3.05) is 5.32 Å². The molecule has 1 aromatic carbocycles. The summed E-state index contributed by atoms with van der Waals surface area (Å²) in [4.78, 5) is 17.5. The van der Waals surface area contributed by atoms with Gasteiger partial charge >= 0.3 is 0 Å². The van der Waals surface area contributed by atoms with E-state index in [1.165, 1.54) is 4.70 Å². The summed E-state index contributed by atoms with van der Waals surface area (Å²) in [6.07, 6.45) is 6.85. The highest BCUT2D eigenvalue weighted by Gasteiger charge is 2.32. The van der Waals surface area contributed by atoms with Gasteiger partial charge in [-0.15, -0.1) is 0 Å². The van der Waals surface area contributed by atoms with Gasteiger partial charge in [0.05, 0.1) is 10.2 Å². The van der Waals surface area contributed by atoms with E-state index in [1.807, 2.05) is 24.3 Å². The fourth-order valence-corrected chi connectivity index (χ4v) is 4.23. The monoisotopic (exact) mass is 409 g/mol. The second-order valence-corrected chi connectivity index (χ2v) is 8.04. The highest BCUT2D eigenvalue weighted by molar-refractivity contribution is 7.22. The molecule has 5 rings (SSSR count). The average molecular weight is 410 g/mol. The molecule has 3 aromatic heterocycles. The molecule has 4 aromatic rings. The van der Waals surface area contributed by atoms with Crippen molar-refractivity contribution in [1.82, 2.24) is 19.9 Å². The summed E-state index contributed by atoms with van der Waals surface area (Å²) in [5.74, 6) is 0.523. The van der Waals surface area contributed by atoms with Crippen molar-refractivity contribution in [3.05, 3.63) is 60.1 Å². The number of nitrogens with one attached hydrogen (secondary N) is 1. The molecule has 6 nitrogen and oxygen atoms in total. The predicted octanol–water partition coefficient (Wildman–Crippen LogP) is 4.82. The summed E-state index contributed by atoms with van der Waals surface area (Å²) in [5, 5.41) is 4.90. The molecular weight excluding hydrogens is 394 g/mol. The Morgan fingerprint density at radius 1 is 1.04 bits per heavy atom. The Hall–Kier alpha value is -2.77. The molecule has 140 valence electrons.